The molecule has 3 aromatic rings. The van der Waals surface area contributed by atoms with Crippen LogP contribution in [0, 0.1) is 0 Å². The average Bonchev–Trinajstić information content (AvgIpc) is 3.07. The minimum Gasteiger partial charge on any atom is -0.412 e. The molecule has 7 nitrogen and oxygen atoms in total. The van der Waals surface area contributed by atoms with E-state index in [1.165, 1.54) is 12.1 Å². The fourth-order valence-corrected chi connectivity index (χ4v) is 3.68. The monoisotopic (exact) mass is 536 g/mol. The third-order valence-electron chi connectivity index (χ3n) is 5.23. The predicted molar refractivity (Wildman–Crippen MR) is 144 cm³/mol. The van der Waals surface area contributed by atoms with E-state index in [0.717, 1.165) is 36.7 Å². The highest BCUT2D eigenvalue weighted by Crippen LogP contribution is 2.31. The fourth-order valence-electron chi connectivity index (χ4n) is 3.68. The third kappa shape index (κ3) is 9.50. The van der Waals surface area contributed by atoms with Crippen LogP contribution in [-0.2, 0) is 12.7 Å². The quantitative estimate of drug-likeness (QED) is 0.515. The number of benzene rings is 2. The number of aliphatic hydroxyl groups is 1. The number of hydrogen-bond acceptors (Lipinski definition) is 4. The van der Waals surface area contributed by atoms with Gasteiger partial charge in [-0.2, -0.15) is 13.2 Å². The van der Waals surface area contributed by atoms with Gasteiger partial charge in [0.2, 0.25) is 0 Å². The van der Waals surface area contributed by atoms with Crippen molar-refractivity contribution in [3.63, 3.8) is 0 Å². The average molecular weight is 537 g/mol. The number of fused-ring (bicyclic) bond motifs is 1. The van der Waals surface area contributed by atoms with Crippen molar-refractivity contribution >= 4 is 29.1 Å². The molecule has 11 heteroatoms. The molecule has 1 aromatic heterocycles. The molecule has 0 atom stereocenters. The molecule has 4 rings (SSSR count). The molecule has 2 heterocycles. The number of hydrogen-bond donors (Lipinski definition) is 2. The number of rotatable bonds is 4. The lowest BCUT2D eigenvalue weighted by atomic mass is 10.1. The van der Waals surface area contributed by atoms with Crippen LogP contribution in [0.25, 0.3) is 11.0 Å². The number of nitrogens with zero attached hydrogens (tertiary/aromatic N) is 3. The molecule has 2 aromatic carbocycles. The minimum absolute atomic E-state index is 0. The lowest BCUT2D eigenvalue weighted by Gasteiger charge is -2.36. The normalized spacial score (nSPS) is 13.5. The zero-order valence-corrected chi connectivity index (χ0v) is 20.0. The second kappa shape index (κ2) is 15.6. The highest BCUT2D eigenvalue weighted by molar-refractivity contribution is 5.85. The highest BCUT2D eigenvalue weighted by atomic mass is 35.5. The summed E-state index contributed by atoms with van der Waals surface area (Å²) in [4.78, 5) is 19.2. The van der Waals surface area contributed by atoms with Crippen LogP contribution in [0.3, 0.4) is 0 Å². The van der Waals surface area contributed by atoms with Crippen molar-refractivity contribution in [1.82, 2.24) is 14.5 Å². The summed E-state index contributed by atoms with van der Waals surface area (Å²) in [5, 5.41) is 8.06. The SMILES string of the molecule is C.C.CC(C)O.Cl.O.O=c1[nH]c2ccccc2n1CCN1CCN(c2cccc(C(F)(F)F)c2)CC1. The maximum Gasteiger partial charge on any atom is 0.416 e. The van der Waals surface area contributed by atoms with Crippen LogP contribution < -0.4 is 10.6 Å². The Hall–Kier alpha value is -2.53. The van der Waals surface area contributed by atoms with Gasteiger partial charge in [0.25, 0.3) is 0 Å². The van der Waals surface area contributed by atoms with E-state index in [1.54, 1.807) is 24.5 Å². The number of alkyl halides is 3. The first kappa shape index (κ1) is 35.6. The van der Waals surface area contributed by atoms with Crippen LogP contribution in [0.4, 0.5) is 18.9 Å². The molecule has 0 aliphatic carbocycles. The summed E-state index contributed by atoms with van der Waals surface area (Å²) < 4.78 is 40.5. The summed E-state index contributed by atoms with van der Waals surface area (Å²) in [5.74, 6) is 0. The van der Waals surface area contributed by atoms with E-state index in [2.05, 4.69) is 9.88 Å². The summed E-state index contributed by atoms with van der Waals surface area (Å²) in [5.41, 5.74) is 1.56. The Kier molecular flexibility index (Phi) is 15.4. The Morgan fingerprint density at radius 1 is 0.972 bits per heavy atom. The van der Waals surface area contributed by atoms with Gasteiger partial charge in [0.15, 0.2) is 0 Å². The van der Waals surface area contributed by atoms with Crippen LogP contribution in [0.5, 0.6) is 0 Å². The standard InChI is InChI=1S/C20H21F3N4O.C3H8O.2CH4.ClH.H2O/c21-20(22,23)15-4-3-5-16(14-15)26-11-8-25(9-12-26)10-13-27-18-7-2-1-6-17(18)24-19(27)28;1-3(2)4;;;;/h1-7,14H,8-13H2,(H,24,28);3-4H,1-2H3;2*1H4;1H;1H2. The third-order valence-corrected chi connectivity index (χ3v) is 5.23. The number of aromatic amines is 1. The van der Waals surface area contributed by atoms with Gasteiger partial charge in [-0.05, 0) is 44.2 Å². The van der Waals surface area contributed by atoms with Gasteiger partial charge in [-0.1, -0.05) is 33.1 Å². The van der Waals surface area contributed by atoms with Gasteiger partial charge in [-0.15, -0.1) is 12.4 Å². The summed E-state index contributed by atoms with van der Waals surface area (Å²) in [6.07, 6.45) is -4.50. The van der Waals surface area contributed by atoms with Crippen molar-refractivity contribution in [1.29, 1.82) is 0 Å². The van der Waals surface area contributed by atoms with Gasteiger partial charge >= 0.3 is 11.9 Å². The Bertz CT molecular complexity index is 1080. The second-order valence-electron chi connectivity index (χ2n) is 8.07. The number of para-hydroxylation sites is 2. The topological polar surface area (TPSA) is 96.0 Å². The van der Waals surface area contributed by atoms with E-state index in [4.69, 9.17) is 5.11 Å². The lowest BCUT2D eigenvalue weighted by Crippen LogP contribution is -2.47. The molecule has 0 unspecified atom stereocenters. The molecule has 0 bridgehead atoms. The molecule has 206 valence electrons. The van der Waals surface area contributed by atoms with E-state index >= 15 is 0 Å². The Morgan fingerprint density at radius 2 is 1.56 bits per heavy atom. The maximum atomic E-state index is 12.9. The lowest BCUT2D eigenvalue weighted by molar-refractivity contribution is -0.137. The molecule has 4 N–H and O–H groups in total. The highest BCUT2D eigenvalue weighted by Gasteiger charge is 2.31. The smallest absolute Gasteiger partial charge is 0.412 e. The van der Waals surface area contributed by atoms with E-state index in [-0.39, 0.29) is 44.5 Å². The van der Waals surface area contributed by atoms with Gasteiger partial charge in [-0.3, -0.25) is 9.47 Å². The molecular weight excluding hydrogens is 497 g/mol. The maximum absolute atomic E-state index is 12.9. The van der Waals surface area contributed by atoms with Crippen molar-refractivity contribution in [2.75, 3.05) is 37.6 Å². The number of aromatic nitrogens is 2. The zero-order chi connectivity index (χ0) is 23.3. The molecular formula is C25H40ClF3N4O3. The number of halogens is 4. The van der Waals surface area contributed by atoms with Crippen LogP contribution in [0.1, 0.15) is 34.3 Å². The summed E-state index contributed by atoms with van der Waals surface area (Å²) in [7, 11) is 0. The largest absolute Gasteiger partial charge is 0.416 e. The molecule has 1 fully saturated rings. The van der Waals surface area contributed by atoms with Gasteiger partial charge in [-0.25, -0.2) is 4.79 Å². The molecule has 1 aliphatic rings. The number of piperazine rings is 1. The first-order chi connectivity index (χ1) is 15.1. The number of anilines is 1. The van der Waals surface area contributed by atoms with Crippen molar-refractivity contribution in [3.8, 4) is 0 Å². The second-order valence-corrected chi connectivity index (χ2v) is 8.07. The van der Waals surface area contributed by atoms with Gasteiger partial charge < -0.3 is 20.5 Å². The van der Waals surface area contributed by atoms with E-state index < -0.39 is 11.7 Å². The van der Waals surface area contributed by atoms with E-state index in [0.29, 0.717) is 25.3 Å². The first-order valence-corrected chi connectivity index (χ1v) is 10.7. The van der Waals surface area contributed by atoms with E-state index in [9.17, 15) is 18.0 Å². The predicted octanol–water partition coefficient (Wildman–Crippen LogP) is 4.43. The molecule has 1 aliphatic heterocycles. The van der Waals surface area contributed by atoms with Crippen LogP contribution in [0.15, 0.2) is 53.3 Å². The Morgan fingerprint density at radius 3 is 2.14 bits per heavy atom. The van der Waals surface area contributed by atoms with Gasteiger partial charge in [0, 0.05) is 51.1 Å². The number of imidazole rings is 1. The fraction of sp³-hybridized carbons (Fsp3) is 0.480. The number of aliphatic hydroxyl groups excluding tert-OH is 1. The van der Waals surface area contributed by atoms with Crippen LogP contribution in [-0.4, -0.2) is 63.9 Å². The summed E-state index contributed by atoms with van der Waals surface area (Å²) >= 11 is 0. The number of nitrogens with one attached hydrogen (secondary N) is 1. The Balaban J connectivity index is 0. The molecule has 1 saturated heterocycles. The molecule has 0 amide bonds. The molecule has 36 heavy (non-hydrogen) atoms. The van der Waals surface area contributed by atoms with Crippen molar-refractivity contribution < 1.29 is 23.8 Å². The first-order valence-electron chi connectivity index (χ1n) is 10.7. The zero-order valence-electron chi connectivity index (χ0n) is 19.2. The van der Waals surface area contributed by atoms with E-state index in [1.807, 2.05) is 29.2 Å². The molecule has 0 radical (unpaired) electrons. The van der Waals surface area contributed by atoms with Crippen LogP contribution in [0.2, 0.25) is 0 Å². The van der Waals surface area contributed by atoms with Crippen molar-refractivity contribution in [3.05, 3.63) is 64.6 Å². The summed E-state index contributed by atoms with van der Waals surface area (Å²) in [6.45, 7) is 7.54. The summed E-state index contributed by atoms with van der Waals surface area (Å²) in [6, 6.07) is 13.1. The van der Waals surface area contributed by atoms with Gasteiger partial charge in [0.1, 0.15) is 0 Å². The Labute approximate surface area is 217 Å². The van der Waals surface area contributed by atoms with Crippen LogP contribution >= 0.6 is 12.4 Å². The number of H-pyrrole nitrogens is 1. The molecule has 0 spiro atoms. The van der Waals surface area contributed by atoms with Gasteiger partial charge in [0.05, 0.1) is 16.6 Å². The van der Waals surface area contributed by atoms with Crippen molar-refractivity contribution in [2.45, 2.75) is 47.5 Å². The molecule has 0 saturated carbocycles. The minimum atomic E-state index is -4.33. The van der Waals surface area contributed by atoms with Crippen molar-refractivity contribution in [2.24, 2.45) is 0 Å².